The van der Waals surface area contributed by atoms with Gasteiger partial charge in [0.2, 0.25) is 5.91 Å². The summed E-state index contributed by atoms with van der Waals surface area (Å²) in [5, 5.41) is 17.4. The Labute approximate surface area is 73.9 Å². The maximum atomic E-state index is 12.7. The third kappa shape index (κ3) is 2.27. The molecule has 0 radical (unpaired) electrons. The van der Waals surface area contributed by atoms with Crippen molar-refractivity contribution in [3.8, 4) is 0 Å². The summed E-state index contributed by atoms with van der Waals surface area (Å²) >= 11 is 0. The molecule has 0 saturated carbocycles. The number of carbonyl (C=O) groups excluding carboxylic acids is 1. The summed E-state index contributed by atoms with van der Waals surface area (Å²) in [6.07, 6.45) is 0. The first kappa shape index (κ1) is 9.69. The monoisotopic (exact) mass is 183 g/mol. The lowest BCUT2D eigenvalue weighted by molar-refractivity contribution is 0.1000. The molecule has 0 fully saturated rings. The number of primary amides is 1. The smallest absolute Gasteiger partial charge is 0.423 e. The average Bonchev–Trinajstić information content (AvgIpc) is 2.03. The van der Waals surface area contributed by atoms with Gasteiger partial charge in [-0.05, 0) is 23.7 Å². The van der Waals surface area contributed by atoms with Crippen molar-refractivity contribution < 1.29 is 19.2 Å². The third-order valence-electron chi connectivity index (χ3n) is 1.50. The zero-order valence-electron chi connectivity index (χ0n) is 6.57. The van der Waals surface area contributed by atoms with E-state index in [0.29, 0.717) is 0 Å². The van der Waals surface area contributed by atoms with Gasteiger partial charge in [0, 0.05) is 5.56 Å². The number of carbonyl (C=O) groups is 1. The van der Waals surface area contributed by atoms with Crippen molar-refractivity contribution in [2.45, 2.75) is 0 Å². The normalized spacial score (nSPS) is 9.77. The summed E-state index contributed by atoms with van der Waals surface area (Å²) in [6.45, 7) is 0. The van der Waals surface area contributed by atoms with Crippen molar-refractivity contribution in [1.82, 2.24) is 0 Å². The quantitative estimate of drug-likeness (QED) is 0.493. The first-order valence-corrected chi connectivity index (χ1v) is 3.47. The highest BCUT2D eigenvalue weighted by Crippen LogP contribution is 2.01. The van der Waals surface area contributed by atoms with Gasteiger partial charge in [0.05, 0.1) is 0 Å². The highest BCUT2D eigenvalue weighted by atomic mass is 19.1. The molecule has 0 aliphatic rings. The van der Waals surface area contributed by atoms with Gasteiger partial charge in [-0.25, -0.2) is 4.39 Å². The van der Waals surface area contributed by atoms with E-state index in [0.717, 1.165) is 18.2 Å². The molecule has 68 valence electrons. The Bertz CT molecular complexity index is 343. The van der Waals surface area contributed by atoms with Crippen LogP contribution in [0.2, 0.25) is 0 Å². The van der Waals surface area contributed by atoms with E-state index in [2.05, 4.69) is 0 Å². The summed E-state index contributed by atoms with van der Waals surface area (Å²) in [4.78, 5) is 10.6. The number of hydrogen-bond acceptors (Lipinski definition) is 3. The Balaban J connectivity index is 3.19. The van der Waals surface area contributed by atoms with E-state index >= 15 is 0 Å². The van der Waals surface area contributed by atoms with Crippen LogP contribution in [0.25, 0.3) is 0 Å². The SMILES string of the molecule is NC(=O)c1cc(F)cc(B(O)O)c1. The van der Waals surface area contributed by atoms with Gasteiger partial charge >= 0.3 is 7.12 Å². The van der Waals surface area contributed by atoms with Gasteiger partial charge in [0.15, 0.2) is 0 Å². The molecule has 0 spiro atoms. The number of benzene rings is 1. The minimum atomic E-state index is -1.81. The molecule has 1 aromatic carbocycles. The van der Waals surface area contributed by atoms with Gasteiger partial charge in [-0.3, -0.25) is 4.79 Å². The summed E-state index contributed by atoms with van der Waals surface area (Å²) in [6, 6.07) is 2.96. The van der Waals surface area contributed by atoms with Crippen LogP contribution in [0.4, 0.5) is 4.39 Å². The van der Waals surface area contributed by atoms with Crippen LogP contribution in [0.5, 0.6) is 0 Å². The Morgan fingerprint density at radius 2 is 2.00 bits per heavy atom. The standard InChI is InChI=1S/C7H7BFNO3/c9-6-2-4(7(10)11)1-5(3-6)8(12)13/h1-3,12-13H,(H2,10,11). The van der Waals surface area contributed by atoms with Gasteiger partial charge in [0.1, 0.15) is 5.82 Å². The van der Waals surface area contributed by atoms with Crippen molar-refractivity contribution in [3.05, 3.63) is 29.6 Å². The second-order valence-corrected chi connectivity index (χ2v) is 2.51. The molecule has 0 atom stereocenters. The second kappa shape index (κ2) is 3.55. The molecule has 0 aromatic heterocycles. The van der Waals surface area contributed by atoms with E-state index < -0.39 is 18.8 Å². The van der Waals surface area contributed by atoms with Crippen LogP contribution in [-0.2, 0) is 0 Å². The van der Waals surface area contributed by atoms with Crippen LogP contribution in [0.1, 0.15) is 10.4 Å². The van der Waals surface area contributed by atoms with Crippen molar-refractivity contribution in [3.63, 3.8) is 0 Å². The largest absolute Gasteiger partial charge is 0.488 e. The molecule has 6 heteroatoms. The van der Waals surface area contributed by atoms with E-state index in [1.807, 2.05) is 0 Å². The molecule has 4 nitrogen and oxygen atoms in total. The molecular formula is C7H7BFNO3. The Kier molecular flexibility index (Phi) is 2.65. The molecule has 0 unspecified atom stereocenters. The van der Waals surface area contributed by atoms with Gasteiger partial charge in [-0.1, -0.05) is 0 Å². The average molecular weight is 183 g/mol. The number of hydrogen-bond donors (Lipinski definition) is 3. The Hall–Kier alpha value is -1.40. The molecule has 0 bridgehead atoms. The molecule has 4 N–H and O–H groups in total. The van der Waals surface area contributed by atoms with Crippen LogP contribution >= 0.6 is 0 Å². The van der Waals surface area contributed by atoms with Crippen LogP contribution in [-0.4, -0.2) is 23.1 Å². The zero-order chi connectivity index (χ0) is 10.0. The highest BCUT2D eigenvalue weighted by Gasteiger charge is 2.14. The van der Waals surface area contributed by atoms with Gasteiger partial charge in [-0.15, -0.1) is 0 Å². The van der Waals surface area contributed by atoms with Gasteiger partial charge in [-0.2, -0.15) is 0 Å². The Morgan fingerprint density at radius 1 is 1.38 bits per heavy atom. The molecule has 13 heavy (non-hydrogen) atoms. The lowest BCUT2D eigenvalue weighted by Gasteiger charge is -2.01. The lowest BCUT2D eigenvalue weighted by Crippen LogP contribution is -2.31. The topological polar surface area (TPSA) is 83.6 Å². The van der Waals surface area contributed by atoms with E-state index in [-0.39, 0.29) is 11.0 Å². The minimum absolute atomic E-state index is 0.0944. The second-order valence-electron chi connectivity index (χ2n) is 2.51. The Morgan fingerprint density at radius 3 is 2.46 bits per heavy atom. The predicted molar refractivity (Wildman–Crippen MR) is 44.7 cm³/mol. The van der Waals surface area contributed by atoms with Crippen LogP contribution < -0.4 is 11.2 Å². The molecular weight excluding hydrogens is 176 g/mol. The number of halogens is 1. The fourth-order valence-corrected chi connectivity index (χ4v) is 0.904. The summed E-state index contributed by atoms with van der Waals surface area (Å²) in [5.74, 6) is -1.55. The van der Waals surface area contributed by atoms with Gasteiger partial charge in [0.25, 0.3) is 0 Å². The summed E-state index contributed by atoms with van der Waals surface area (Å²) < 4.78 is 12.7. The first-order valence-electron chi connectivity index (χ1n) is 3.47. The summed E-state index contributed by atoms with van der Waals surface area (Å²) in [7, 11) is -1.81. The molecule has 0 aliphatic carbocycles. The zero-order valence-corrected chi connectivity index (χ0v) is 6.57. The van der Waals surface area contributed by atoms with Crippen molar-refractivity contribution in [2.75, 3.05) is 0 Å². The predicted octanol–water partition coefficient (Wildman–Crippen LogP) is -1.40. The van der Waals surface area contributed by atoms with Crippen LogP contribution in [0.15, 0.2) is 18.2 Å². The minimum Gasteiger partial charge on any atom is -0.423 e. The molecule has 1 aromatic rings. The van der Waals surface area contributed by atoms with E-state index in [1.165, 1.54) is 0 Å². The van der Waals surface area contributed by atoms with Crippen LogP contribution in [0, 0.1) is 5.82 Å². The molecule has 1 amide bonds. The number of nitrogens with two attached hydrogens (primary N) is 1. The lowest BCUT2D eigenvalue weighted by atomic mass is 9.79. The number of amides is 1. The molecule has 0 saturated heterocycles. The van der Waals surface area contributed by atoms with E-state index in [9.17, 15) is 9.18 Å². The van der Waals surface area contributed by atoms with Crippen LogP contribution in [0.3, 0.4) is 0 Å². The molecule has 1 rings (SSSR count). The maximum absolute atomic E-state index is 12.7. The van der Waals surface area contributed by atoms with E-state index in [4.69, 9.17) is 15.8 Å². The fourth-order valence-electron chi connectivity index (χ4n) is 0.904. The maximum Gasteiger partial charge on any atom is 0.488 e. The molecule has 0 heterocycles. The highest BCUT2D eigenvalue weighted by molar-refractivity contribution is 6.58. The number of rotatable bonds is 2. The molecule has 0 aliphatic heterocycles. The van der Waals surface area contributed by atoms with Crippen molar-refractivity contribution in [2.24, 2.45) is 5.73 Å². The van der Waals surface area contributed by atoms with E-state index in [1.54, 1.807) is 0 Å². The summed E-state index contributed by atoms with van der Waals surface area (Å²) in [5.41, 5.74) is 4.69. The van der Waals surface area contributed by atoms with Gasteiger partial charge < -0.3 is 15.8 Å². The first-order chi connectivity index (χ1) is 6.00. The van der Waals surface area contributed by atoms with Crippen molar-refractivity contribution >= 4 is 18.5 Å². The van der Waals surface area contributed by atoms with Crippen molar-refractivity contribution in [1.29, 1.82) is 0 Å². The fraction of sp³-hybridized carbons (Fsp3) is 0. The third-order valence-corrected chi connectivity index (χ3v) is 1.50.